The minimum absolute atomic E-state index is 0.0890. The summed E-state index contributed by atoms with van der Waals surface area (Å²) in [6, 6.07) is 6.16. The summed E-state index contributed by atoms with van der Waals surface area (Å²) in [7, 11) is 0. The molecule has 0 spiro atoms. The first kappa shape index (κ1) is 13.0. The molecule has 2 rings (SSSR count). The van der Waals surface area contributed by atoms with Crippen LogP contribution in [0.3, 0.4) is 0 Å². The summed E-state index contributed by atoms with van der Waals surface area (Å²) < 4.78 is 2.03. The highest BCUT2D eigenvalue weighted by Gasteiger charge is 2.07. The molecule has 18 heavy (non-hydrogen) atoms. The fourth-order valence-corrected chi connectivity index (χ4v) is 2.04. The zero-order chi connectivity index (χ0) is 13.0. The van der Waals surface area contributed by atoms with Crippen molar-refractivity contribution in [2.45, 2.75) is 13.6 Å². The van der Waals surface area contributed by atoms with Crippen LogP contribution >= 0.6 is 0 Å². The number of hydrogen-bond acceptors (Lipinski definition) is 4. The second-order valence-corrected chi connectivity index (χ2v) is 4.41. The highest BCUT2D eigenvalue weighted by Crippen LogP contribution is 2.14. The van der Waals surface area contributed by atoms with Gasteiger partial charge >= 0.3 is 0 Å². The van der Waals surface area contributed by atoms with Gasteiger partial charge in [-0.3, -0.25) is 4.90 Å². The lowest BCUT2D eigenvalue weighted by Gasteiger charge is -2.20. The molecule has 0 saturated carbocycles. The van der Waals surface area contributed by atoms with Crippen molar-refractivity contribution >= 4 is 11.0 Å². The number of nitrogens with zero attached hydrogens (tertiary/aromatic N) is 3. The van der Waals surface area contributed by atoms with Crippen LogP contribution in [0, 0.1) is 6.92 Å². The number of imidazole rings is 1. The Kier molecular flexibility index (Phi) is 4.30. The van der Waals surface area contributed by atoms with Crippen LogP contribution in [0.2, 0.25) is 0 Å². The lowest BCUT2D eigenvalue weighted by molar-refractivity contribution is 0.135. The zero-order valence-corrected chi connectivity index (χ0v) is 10.6. The number of aromatic nitrogens is 2. The number of aryl methyl sites for hydroxylation is 1. The third kappa shape index (κ3) is 2.87. The predicted molar refractivity (Wildman–Crippen MR) is 70.2 cm³/mol. The Labute approximate surface area is 106 Å². The number of aliphatic hydroxyl groups excluding tert-OH is 2. The first-order chi connectivity index (χ1) is 8.74. The third-order valence-electron chi connectivity index (χ3n) is 2.96. The maximum absolute atomic E-state index is 8.99. The van der Waals surface area contributed by atoms with E-state index in [4.69, 9.17) is 10.2 Å². The van der Waals surface area contributed by atoms with Gasteiger partial charge in [0.1, 0.15) is 0 Å². The van der Waals surface area contributed by atoms with Gasteiger partial charge in [0, 0.05) is 13.1 Å². The molecule has 0 unspecified atom stereocenters. The van der Waals surface area contributed by atoms with Gasteiger partial charge in [0.2, 0.25) is 0 Å². The van der Waals surface area contributed by atoms with Crippen LogP contribution in [-0.4, -0.2) is 51.0 Å². The summed E-state index contributed by atoms with van der Waals surface area (Å²) in [6.45, 7) is 3.94. The van der Waals surface area contributed by atoms with Gasteiger partial charge in [0.05, 0.1) is 37.2 Å². The largest absolute Gasteiger partial charge is 0.395 e. The third-order valence-corrected chi connectivity index (χ3v) is 2.96. The summed E-state index contributed by atoms with van der Waals surface area (Å²) in [5.74, 6) is 0. The molecule has 1 aromatic carbocycles. The lowest BCUT2D eigenvalue weighted by atomic mass is 10.2. The molecule has 98 valence electrons. The average molecular weight is 249 g/mol. The van der Waals surface area contributed by atoms with Crippen molar-refractivity contribution in [2.24, 2.45) is 0 Å². The Morgan fingerprint density at radius 2 is 1.94 bits per heavy atom. The van der Waals surface area contributed by atoms with Gasteiger partial charge in [-0.2, -0.15) is 0 Å². The highest BCUT2D eigenvalue weighted by molar-refractivity contribution is 5.75. The van der Waals surface area contributed by atoms with E-state index < -0.39 is 0 Å². The van der Waals surface area contributed by atoms with E-state index in [1.54, 1.807) is 6.33 Å². The molecule has 5 heteroatoms. The van der Waals surface area contributed by atoms with E-state index in [0.717, 1.165) is 11.0 Å². The van der Waals surface area contributed by atoms with Crippen LogP contribution in [0.5, 0.6) is 0 Å². The molecule has 1 heterocycles. The van der Waals surface area contributed by atoms with Crippen LogP contribution in [-0.2, 0) is 6.67 Å². The Bertz CT molecular complexity index is 504. The van der Waals surface area contributed by atoms with Crippen molar-refractivity contribution in [3.8, 4) is 0 Å². The van der Waals surface area contributed by atoms with Gasteiger partial charge in [0.15, 0.2) is 0 Å². The molecule has 0 radical (unpaired) electrons. The highest BCUT2D eigenvalue weighted by atomic mass is 16.3. The first-order valence-corrected chi connectivity index (χ1v) is 6.10. The summed E-state index contributed by atoms with van der Waals surface area (Å²) in [5.41, 5.74) is 3.24. The second-order valence-electron chi connectivity index (χ2n) is 4.41. The number of rotatable bonds is 6. The van der Waals surface area contributed by atoms with Crippen molar-refractivity contribution in [3.63, 3.8) is 0 Å². The van der Waals surface area contributed by atoms with Gasteiger partial charge in [-0.1, -0.05) is 6.07 Å². The zero-order valence-electron chi connectivity index (χ0n) is 10.6. The molecule has 2 aromatic rings. The molecule has 0 fully saturated rings. The Hall–Kier alpha value is -1.43. The average Bonchev–Trinajstić information content (AvgIpc) is 2.72. The number of hydrogen-bond donors (Lipinski definition) is 2. The quantitative estimate of drug-likeness (QED) is 0.786. The smallest absolute Gasteiger partial charge is 0.0969 e. The fourth-order valence-electron chi connectivity index (χ4n) is 2.04. The van der Waals surface area contributed by atoms with Crippen molar-refractivity contribution in [1.82, 2.24) is 14.5 Å². The van der Waals surface area contributed by atoms with E-state index in [1.165, 1.54) is 5.56 Å². The molecule has 2 N–H and O–H groups in total. The van der Waals surface area contributed by atoms with Crippen molar-refractivity contribution < 1.29 is 10.2 Å². The summed E-state index contributed by atoms with van der Waals surface area (Å²) in [5, 5.41) is 18.0. The van der Waals surface area contributed by atoms with Crippen molar-refractivity contribution in [3.05, 3.63) is 30.1 Å². The minimum atomic E-state index is 0.0890. The lowest BCUT2D eigenvalue weighted by Crippen LogP contribution is -2.31. The van der Waals surface area contributed by atoms with Crippen LogP contribution in [0.4, 0.5) is 0 Å². The van der Waals surface area contributed by atoms with E-state index in [2.05, 4.69) is 11.1 Å². The fraction of sp³-hybridized carbons (Fsp3) is 0.462. The van der Waals surface area contributed by atoms with E-state index in [-0.39, 0.29) is 13.2 Å². The number of aliphatic hydroxyl groups is 2. The SMILES string of the molecule is Cc1ccc2c(c1)ncn2CN(CCO)CCO. The normalized spacial score (nSPS) is 11.6. The molecule has 0 bridgehead atoms. The van der Waals surface area contributed by atoms with Crippen LogP contribution in [0.25, 0.3) is 11.0 Å². The van der Waals surface area contributed by atoms with E-state index in [0.29, 0.717) is 19.8 Å². The molecule has 0 amide bonds. The molecule has 0 saturated heterocycles. The Morgan fingerprint density at radius 1 is 1.22 bits per heavy atom. The van der Waals surface area contributed by atoms with Crippen molar-refractivity contribution in [2.75, 3.05) is 26.3 Å². The molecule has 0 aliphatic heterocycles. The second kappa shape index (κ2) is 5.95. The molecular formula is C13H19N3O2. The maximum Gasteiger partial charge on any atom is 0.0969 e. The molecular weight excluding hydrogens is 230 g/mol. The molecule has 0 aliphatic rings. The van der Waals surface area contributed by atoms with Crippen LogP contribution < -0.4 is 0 Å². The monoisotopic (exact) mass is 249 g/mol. The molecule has 0 aliphatic carbocycles. The number of benzene rings is 1. The Morgan fingerprint density at radius 3 is 2.61 bits per heavy atom. The molecule has 1 aromatic heterocycles. The van der Waals surface area contributed by atoms with E-state index >= 15 is 0 Å². The summed E-state index contributed by atoms with van der Waals surface area (Å²) >= 11 is 0. The number of fused-ring (bicyclic) bond motifs is 1. The van der Waals surface area contributed by atoms with Gasteiger partial charge < -0.3 is 14.8 Å². The Balaban J connectivity index is 2.19. The van der Waals surface area contributed by atoms with Gasteiger partial charge in [-0.15, -0.1) is 0 Å². The summed E-state index contributed by atoms with van der Waals surface area (Å²) in [6.07, 6.45) is 1.80. The van der Waals surface area contributed by atoms with Gasteiger partial charge in [0.25, 0.3) is 0 Å². The standard InChI is InChI=1S/C13H19N3O2/c1-11-2-3-13-12(8-11)14-9-16(13)10-15(4-6-17)5-7-18/h2-3,8-9,17-18H,4-7,10H2,1H3. The van der Waals surface area contributed by atoms with E-state index in [1.807, 2.05) is 28.5 Å². The topological polar surface area (TPSA) is 61.5 Å². The van der Waals surface area contributed by atoms with Crippen LogP contribution in [0.15, 0.2) is 24.5 Å². The molecule has 0 atom stereocenters. The van der Waals surface area contributed by atoms with Gasteiger partial charge in [-0.05, 0) is 24.6 Å². The van der Waals surface area contributed by atoms with Gasteiger partial charge in [-0.25, -0.2) is 4.98 Å². The summed E-state index contributed by atoms with van der Waals surface area (Å²) in [4.78, 5) is 6.35. The molecule has 5 nitrogen and oxygen atoms in total. The van der Waals surface area contributed by atoms with E-state index in [9.17, 15) is 0 Å². The van der Waals surface area contributed by atoms with Crippen LogP contribution in [0.1, 0.15) is 5.56 Å². The first-order valence-electron chi connectivity index (χ1n) is 6.10. The van der Waals surface area contributed by atoms with Crippen molar-refractivity contribution in [1.29, 1.82) is 0 Å². The minimum Gasteiger partial charge on any atom is -0.395 e. The maximum atomic E-state index is 8.99. The predicted octanol–water partition coefficient (Wildman–Crippen LogP) is 0.589.